The largest absolute Gasteiger partial charge is 0.493 e. The van der Waals surface area contributed by atoms with E-state index in [0.29, 0.717) is 18.7 Å². The number of aromatic nitrogens is 2. The highest BCUT2D eigenvalue weighted by atomic mass is 16.5. The van der Waals surface area contributed by atoms with Crippen molar-refractivity contribution in [3.63, 3.8) is 0 Å². The van der Waals surface area contributed by atoms with Crippen molar-refractivity contribution in [2.24, 2.45) is 0 Å². The van der Waals surface area contributed by atoms with Gasteiger partial charge in [-0.05, 0) is 55.2 Å². The van der Waals surface area contributed by atoms with Gasteiger partial charge in [-0.15, -0.1) is 6.58 Å². The fourth-order valence-electron chi connectivity index (χ4n) is 4.08. The fraction of sp³-hybridized carbons (Fsp3) is 0.241. The highest BCUT2D eigenvalue weighted by Gasteiger charge is 2.11. The minimum absolute atomic E-state index is 0.0389. The first kappa shape index (κ1) is 23.3. The van der Waals surface area contributed by atoms with E-state index in [-0.39, 0.29) is 5.91 Å². The number of imidazole rings is 1. The lowest BCUT2D eigenvalue weighted by molar-refractivity contribution is 0.0953. The van der Waals surface area contributed by atoms with Gasteiger partial charge in [0.1, 0.15) is 11.6 Å². The Labute approximate surface area is 201 Å². The molecule has 0 bridgehead atoms. The number of carbonyl (C=O) groups excluding carboxylic acids is 1. The zero-order chi connectivity index (χ0) is 23.6. The minimum atomic E-state index is -0.0389. The van der Waals surface area contributed by atoms with E-state index in [1.54, 1.807) is 0 Å². The number of aryl methyl sites for hydroxylation is 2. The topological polar surface area (TPSA) is 56.1 Å². The molecule has 4 aromatic rings. The van der Waals surface area contributed by atoms with E-state index >= 15 is 0 Å². The number of para-hydroxylation sites is 3. The Kier molecular flexibility index (Phi) is 8.12. The molecule has 1 amide bonds. The number of nitrogens with one attached hydrogen (secondary N) is 1. The normalized spacial score (nSPS) is 10.8. The lowest BCUT2D eigenvalue weighted by atomic mass is 10.1. The SMILES string of the molecule is C=CCc1ccccc1OCCCn1c(CCCNC(=O)c2ccccc2)nc2ccccc21. The van der Waals surface area contributed by atoms with Crippen LogP contribution in [0.5, 0.6) is 5.75 Å². The third kappa shape index (κ3) is 5.93. The third-order valence-corrected chi connectivity index (χ3v) is 5.75. The maximum absolute atomic E-state index is 12.3. The lowest BCUT2D eigenvalue weighted by Gasteiger charge is -2.12. The summed E-state index contributed by atoms with van der Waals surface area (Å²) in [5.41, 5.74) is 3.98. The van der Waals surface area contributed by atoms with E-state index in [4.69, 9.17) is 9.72 Å². The number of ether oxygens (including phenoxy) is 1. The van der Waals surface area contributed by atoms with E-state index in [1.807, 2.05) is 66.7 Å². The van der Waals surface area contributed by atoms with Crippen LogP contribution < -0.4 is 10.1 Å². The number of allylic oxidation sites excluding steroid dienone is 1. The molecule has 0 aliphatic carbocycles. The van der Waals surface area contributed by atoms with Crippen LogP contribution in [-0.4, -0.2) is 28.6 Å². The van der Waals surface area contributed by atoms with E-state index in [9.17, 15) is 4.79 Å². The van der Waals surface area contributed by atoms with E-state index in [2.05, 4.69) is 34.7 Å². The molecule has 5 nitrogen and oxygen atoms in total. The van der Waals surface area contributed by atoms with Gasteiger partial charge in [0.05, 0.1) is 17.6 Å². The van der Waals surface area contributed by atoms with Gasteiger partial charge < -0.3 is 14.6 Å². The van der Waals surface area contributed by atoms with Crippen LogP contribution >= 0.6 is 0 Å². The number of nitrogens with zero attached hydrogens (tertiary/aromatic N) is 2. The van der Waals surface area contributed by atoms with Crippen molar-refractivity contribution in [2.75, 3.05) is 13.2 Å². The van der Waals surface area contributed by atoms with Gasteiger partial charge in [-0.1, -0.05) is 54.6 Å². The van der Waals surface area contributed by atoms with Crippen LogP contribution in [0.3, 0.4) is 0 Å². The van der Waals surface area contributed by atoms with Gasteiger partial charge in [-0.2, -0.15) is 0 Å². The lowest BCUT2D eigenvalue weighted by Crippen LogP contribution is -2.24. The zero-order valence-electron chi connectivity index (χ0n) is 19.5. The predicted molar refractivity (Wildman–Crippen MR) is 137 cm³/mol. The summed E-state index contributed by atoms with van der Waals surface area (Å²) >= 11 is 0. The molecule has 0 aliphatic rings. The Morgan fingerprint density at radius 3 is 2.59 bits per heavy atom. The Balaban J connectivity index is 1.34. The fourth-order valence-corrected chi connectivity index (χ4v) is 4.08. The summed E-state index contributed by atoms with van der Waals surface area (Å²) in [6.07, 6.45) is 5.20. The summed E-state index contributed by atoms with van der Waals surface area (Å²) < 4.78 is 8.36. The number of fused-ring (bicyclic) bond motifs is 1. The van der Waals surface area contributed by atoms with E-state index in [1.165, 1.54) is 0 Å². The number of hydrogen-bond donors (Lipinski definition) is 1. The zero-order valence-corrected chi connectivity index (χ0v) is 19.5. The predicted octanol–water partition coefficient (Wildman–Crippen LogP) is 5.60. The smallest absolute Gasteiger partial charge is 0.251 e. The molecule has 0 aliphatic heterocycles. The molecule has 0 spiro atoms. The van der Waals surface area contributed by atoms with Crippen molar-refractivity contribution in [1.29, 1.82) is 0 Å². The summed E-state index contributed by atoms with van der Waals surface area (Å²) in [4.78, 5) is 17.1. The van der Waals surface area contributed by atoms with Crippen molar-refractivity contribution in [2.45, 2.75) is 32.2 Å². The van der Waals surface area contributed by atoms with Crippen molar-refractivity contribution in [3.05, 3.63) is 108 Å². The number of rotatable bonds is 12. The highest BCUT2D eigenvalue weighted by molar-refractivity contribution is 5.94. The summed E-state index contributed by atoms with van der Waals surface area (Å²) in [6, 6.07) is 25.7. The van der Waals surface area contributed by atoms with Gasteiger partial charge in [0, 0.05) is 25.1 Å². The first-order valence-corrected chi connectivity index (χ1v) is 11.9. The van der Waals surface area contributed by atoms with Crippen LogP contribution in [0, 0.1) is 0 Å². The Morgan fingerprint density at radius 1 is 0.971 bits per heavy atom. The Bertz CT molecular complexity index is 1230. The maximum Gasteiger partial charge on any atom is 0.251 e. The van der Waals surface area contributed by atoms with E-state index in [0.717, 1.165) is 60.4 Å². The van der Waals surface area contributed by atoms with Crippen LogP contribution in [-0.2, 0) is 19.4 Å². The Morgan fingerprint density at radius 2 is 1.74 bits per heavy atom. The number of hydrogen-bond acceptors (Lipinski definition) is 3. The van der Waals surface area contributed by atoms with Crippen LogP contribution in [0.1, 0.15) is 34.6 Å². The van der Waals surface area contributed by atoms with Crippen LogP contribution in [0.2, 0.25) is 0 Å². The molecule has 5 heteroatoms. The average Bonchev–Trinajstić information content (AvgIpc) is 3.23. The average molecular weight is 454 g/mol. The second-order valence-corrected chi connectivity index (χ2v) is 8.20. The van der Waals surface area contributed by atoms with E-state index < -0.39 is 0 Å². The second kappa shape index (κ2) is 11.8. The van der Waals surface area contributed by atoms with Crippen molar-refractivity contribution < 1.29 is 9.53 Å². The van der Waals surface area contributed by atoms with Gasteiger partial charge in [0.15, 0.2) is 0 Å². The maximum atomic E-state index is 12.3. The van der Waals surface area contributed by atoms with Gasteiger partial charge in [0.25, 0.3) is 5.91 Å². The summed E-state index contributed by atoms with van der Waals surface area (Å²) in [5, 5.41) is 3.01. The van der Waals surface area contributed by atoms with Gasteiger partial charge in [-0.3, -0.25) is 4.79 Å². The molecule has 0 fully saturated rings. The first-order valence-electron chi connectivity index (χ1n) is 11.9. The van der Waals surface area contributed by atoms with Crippen LogP contribution in [0.15, 0.2) is 91.5 Å². The number of benzene rings is 3. The van der Waals surface area contributed by atoms with Crippen LogP contribution in [0.25, 0.3) is 11.0 Å². The molecule has 1 aromatic heterocycles. The molecule has 1 N–H and O–H groups in total. The van der Waals surface area contributed by atoms with Crippen molar-refractivity contribution in [3.8, 4) is 5.75 Å². The second-order valence-electron chi connectivity index (χ2n) is 8.20. The standard InChI is InChI=1S/C29H31N3O2/c1-2-12-23-13-6-9-18-27(23)34-22-11-21-32-26-17-8-7-16-25(26)31-28(32)19-10-20-30-29(33)24-14-4-3-5-15-24/h2-9,13-18H,1,10-12,19-22H2,(H,30,33). The summed E-state index contributed by atoms with van der Waals surface area (Å²) in [7, 11) is 0. The number of carbonyl (C=O) groups is 1. The molecule has 174 valence electrons. The van der Waals surface area contributed by atoms with Crippen molar-refractivity contribution >= 4 is 16.9 Å². The quantitative estimate of drug-likeness (QED) is 0.224. The molecule has 34 heavy (non-hydrogen) atoms. The molecule has 0 atom stereocenters. The monoisotopic (exact) mass is 453 g/mol. The van der Waals surface area contributed by atoms with Gasteiger partial charge in [-0.25, -0.2) is 4.98 Å². The molecule has 0 unspecified atom stereocenters. The molecule has 4 rings (SSSR count). The minimum Gasteiger partial charge on any atom is -0.493 e. The molecule has 0 saturated heterocycles. The molecule has 0 saturated carbocycles. The molecule has 1 heterocycles. The molecule has 3 aromatic carbocycles. The van der Waals surface area contributed by atoms with Gasteiger partial charge >= 0.3 is 0 Å². The molecular formula is C29H31N3O2. The molecular weight excluding hydrogens is 422 g/mol. The molecule has 0 radical (unpaired) electrons. The number of amides is 1. The van der Waals surface area contributed by atoms with Gasteiger partial charge in [0.2, 0.25) is 0 Å². The Hall–Kier alpha value is -3.86. The first-order chi connectivity index (χ1) is 16.8. The highest BCUT2D eigenvalue weighted by Crippen LogP contribution is 2.20. The summed E-state index contributed by atoms with van der Waals surface area (Å²) in [5.74, 6) is 1.93. The third-order valence-electron chi connectivity index (χ3n) is 5.75. The summed E-state index contributed by atoms with van der Waals surface area (Å²) in [6.45, 7) is 5.91. The van der Waals surface area contributed by atoms with Crippen LogP contribution in [0.4, 0.5) is 0 Å². The van der Waals surface area contributed by atoms with Crippen molar-refractivity contribution in [1.82, 2.24) is 14.9 Å².